The number of nitrogens with one attached hydrogen (secondary N) is 1. The Balaban J connectivity index is 1.66. The molecule has 0 amide bonds. The Bertz CT molecular complexity index is 1170. The van der Waals surface area contributed by atoms with Crippen molar-refractivity contribution in [3.63, 3.8) is 0 Å². The maximum atomic E-state index is 13.0. The van der Waals surface area contributed by atoms with Crippen LogP contribution in [0.2, 0.25) is 0 Å². The fourth-order valence-electron chi connectivity index (χ4n) is 3.44. The van der Waals surface area contributed by atoms with Crippen molar-refractivity contribution in [2.45, 2.75) is 31.1 Å². The maximum absolute atomic E-state index is 13.0. The number of thiazole rings is 1. The molecule has 1 aromatic heterocycles. The SMILES string of the molecule is Cc1nc(-c2ccc(NS(=O)(=O)c3cc(C(=O)O)cc4c3CCC4)cc2)cs1. The molecule has 3 aromatic rings. The topological polar surface area (TPSA) is 96.4 Å². The number of aryl methyl sites for hydroxylation is 2. The smallest absolute Gasteiger partial charge is 0.335 e. The lowest BCUT2D eigenvalue weighted by molar-refractivity contribution is 0.0696. The Morgan fingerprint density at radius 2 is 1.93 bits per heavy atom. The lowest BCUT2D eigenvalue weighted by atomic mass is 10.1. The zero-order chi connectivity index (χ0) is 19.9. The molecule has 1 heterocycles. The summed E-state index contributed by atoms with van der Waals surface area (Å²) >= 11 is 1.56. The fourth-order valence-corrected chi connectivity index (χ4v) is 5.46. The summed E-state index contributed by atoms with van der Waals surface area (Å²) in [7, 11) is -3.89. The number of aromatic carboxylic acids is 1. The summed E-state index contributed by atoms with van der Waals surface area (Å²) in [6, 6.07) is 9.82. The van der Waals surface area contributed by atoms with E-state index in [4.69, 9.17) is 0 Å². The quantitative estimate of drug-likeness (QED) is 0.655. The first-order chi connectivity index (χ1) is 13.3. The van der Waals surface area contributed by atoms with Crippen LogP contribution in [0.15, 0.2) is 46.7 Å². The molecule has 8 heteroatoms. The number of anilines is 1. The Morgan fingerprint density at radius 3 is 2.57 bits per heavy atom. The van der Waals surface area contributed by atoms with E-state index in [1.165, 1.54) is 6.07 Å². The second kappa shape index (κ2) is 7.03. The summed E-state index contributed by atoms with van der Waals surface area (Å²) in [5.74, 6) is -1.13. The molecule has 144 valence electrons. The van der Waals surface area contributed by atoms with Crippen LogP contribution >= 0.6 is 11.3 Å². The summed E-state index contributed by atoms with van der Waals surface area (Å²) < 4.78 is 28.5. The molecule has 0 saturated carbocycles. The average Bonchev–Trinajstić information content (AvgIpc) is 3.29. The van der Waals surface area contributed by atoms with Crippen molar-refractivity contribution in [3.8, 4) is 11.3 Å². The highest BCUT2D eigenvalue weighted by atomic mass is 32.2. The first-order valence-corrected chi connectivity index (χ1v) is 11.1. The number of carbonyl (C=O) groups is 1. The van der Waals surface area contributed by atoms with Gasteiger partial charge in [0.25, 0.3) is 10.0 Å². The summed E-state index contributed by atoms with van der Waals surface area (Å²) in [5.41, 5.74) is 3.69. The third kappa shape index (κ3) is 3.53. The minimum absolute atomic E-state index is 0.00438. The number of sulfonamides is 1. The molecule has 28 heavy (non-hydrogen) atoms. The van der Waals surface area contributed by atoms with Gasteiger partial charge in [-0.3, -0.25) is 4.72 Å². The van der Waals surface area contributed by atoms with Crippen LogP contribution in [-0.4, -0.2) is 24.5 Å². The van der Waals surface area contributed by atoms with E-state index in [1.54, 1.807) is 29.5 Å². The van der Waals surface area contributed by atoms with Gasteiger partial charge in [-0.05, 0) is 61.6 Å². The van der Waals surface area contributed by atoms with Crippen molar-refractivity contribution < 1.29 is 18.3 Å². The van der Waals surface area contributed by atoms with Crippen molar-refractivity contribution in [1.82, 2.24) is 4.98 Å². The first-order valence-electron chi connectivity index (χ1n) is 8.78. The van der Waals surface area contributed by atoms with E-state index in [-0.39, 0.29) is 10.5 Å². The third-order valence-electron chi connectivity index (χ3n) is 4.76. The van der Waals surface area contributed by atoms with Crippen LogP contribution < -0.4 is 4.72 Å². The van der Waals surface area contributed by atoms with Gasteiger partial charge in [-0.15, -0.1) is 11.3 Å². The number of nitrogens with zero attached hydrogens (tertiary/aromatic N) is 1. The van der Waals surface area contributed by atoms with Crippen LogP contribution in [0.25, 0.3) is 11.3 Å². The van der Waals surface area contributed by atoms with Crippen LogP contribution in [0, 0.1) is 6.92 Å². The number of rotatable bonds is 5. The summed E-state index contributed by atoms with van der Waals surface area (Å²) in [4.78, 5) is 15.9. The number of benzene rings is 2. The van der Waals surface area contributed by atoms with Gasteiger partial charge in [0.2, 0.25) is 0 Å². The molecule has 0 bridgehead atoms. The molecule has 2 aromatic carbocycles. The minimum atomic E-state index is -3.89. The highest BCUT2D eigenvalue weighted by Gasteiger charge is 2.26. The van der Waals surface area contributed by atoms with E-state index < -0.39 is 16.0 Å². The Hall–Kier alpha value is -2.71. The van der Waals surface area contributed by atoms with Crippen LogP contribution in [0.4, 0.5) is 5.69 Å². The van der Waals surface area contributed by atoms with E-state index in [9.17, 15) is 18.3 Å². The van der Waals surface area contributed by atoms with E-state index in [2.05, 4.69) is 9.71 Å². The van der Waals surface area contributed by atoms with Gasteiger partial charge in [-0.2, -0.15) is 0 Å². The molecule has 2 N–H and O–H groups in total. The zero-order valence-electron chi connectivity index (χ0n) is 15.1. The fraction of sp³-hybridized carbons (Fsp3) is 0.200. The van der Waals surface area contributed by atoms with E-state index >= 15 is 0 Å². The molecule has 1 aliphatic rings. The van der Waals surface area contributed by atoms with Crippen LogP contribution in [-0.2, 0) is 22.9 Å². The number of aromatic nitrogens is 1. The third-order valence-corrected chi connectivity index (χ3v) is 6.98. The average molecular weight is 415 g/mol. The monoisotopic (exact) mass is 414 g/mol. The standard InChI is InChI=1S/C20H18N2O4S2/c1-12-21-18(11-27-12)13-5-7-16(8-6-13)22-28(25,26)19-10-15(20(23)24)9-14-3-2-4-17(14)19/h5-11,22H,2-4H2,1H3,(H,23,24). The Labute approximate surface area is 166 Å². The lowest BCUT2D eigenvalue weighted by Crippen LogP contribution is -2.16. The van der Waals surface area contributed by atoms with Crippen molar-refractivity contribution in [1.29, 1.82) is 0 Å². The predicted octanol–water partition coefficient (Wildman–Crippen LogP) is 4.11. The lowest BCUT2D eigenvalue weighted by Gasteiger charge is -2.13. The van der Waals surface area contributed by atoms with Crippen LogP contribution in [0.3, 0.4) is 0 Å². The van der Waals surface area contributed by atoms with Crippen molar-refractivity contribution >= 4 is 33.0 Å². The van der Waals surface area contributed by atoms with E-state index in [0.29, 0.717) is 24.1 Å². The van der Waals surface area contributed by atoms with Gasteiger partial charge < -0.3 is 5.11 Å². The number of hydrogen-bond acceptors (Lipinski definition) is 5. The molecule has 0 atom stereocenters. The minimum Gasteiger partial charge on any atom is -0.478 e. The first kappa shape index (κ1) is 18.6. The van der Waals surface area contributed by atoms with Crippen molar-refractivity contribution in [3.05, 3.63) is 63.5 Å². The molecule has 0 saturated heterocycles. The molecule has 0 spiro atoms. The number of hydrogen-bond donors (Lipinski definition) is 2. The van der Waals surface area contributed by atoms with Gasteiger partial charge in [-0.25, -0.2) is 18.2 Å². The van der Waals surface area contributed by atoms with Crippen molar-refractivity contribution in [2.24, 2.45) is 0 Å². The van der Waals surface area contributed by atoms with Gasteiger partial charge in [-0.1, -0.05) is 12.1 Å². The Kier molecular flexibility index (Phi) is 4.68. The molecular weight excluding hydrogens is 396 g/mol. The molecule has 4 rings (SSSR count). The molecule has 0 unspecified atom stereocenters. The maximum Gasteiger partial charge on any atom is 0.335 e. The zero-order valence-corrected chi connectivity index (χ0v) is 16.7. The van der Waals surface area contributed by atoms with E-state index in [0.717, 1.165) is 28.2 Å². The van der Waals surface area contributed by atoms with Gasteiger partial charge >= 0.3 is 5.97 Å². The molecule has 0 radical (unpaired) electrons. The molecular formula is C20H18N2O4S2. The number of carboxylic acids is 1. The molecule has 0 fully saturated rings. The van der Waals surface area contributed by atoms with Gasteiger partial charge in [0.05, 0.1) is 21.2 Å². The van der Waals surface area contributed by atoms with Gasteiger partial charge in [0.1, 0.15) is 0 Å². The summed E-state index contributed by atoms with van der Waals surface area (Å²) in [5, 5.41) is 12.2. The van der Waals surface area contributed by atoms with Crippen LogP contribution in [0.5, 0.6) is 0 Å². The highest BCUT2D eigenvalue weighted by Crippen LogP contribution is 2.31. The predicted molar refractivity (Wildman–Crippen MR) is 109 cm³/mol. The van der Waals surface area contributed by atoms with Crippen LogP contribution in [0.1, 0.15) is 32.9 Å². The number of fused-ring (bicyclic) bond motifs is 1. The molecule has 1 aliphatic carbocycles. The molecule has 6 nitrogen and oxygen atoms in total. The Morgan fingerprint density at radius 1 is 1.18 bits per heavy atom. The van der Waals surface area contributed by atoms with E-state index in [1.807, 2.05) is 24.4 Å². The van der Waals surface area contributed by atoms with Gasteiger partial charge in [0, 0.05) is 16.6 Å². The summed E-state index contributed by atoms with van der Waals surface area (Å²) in [6.45, 7) is 1.93. The molecule has 0 aliphatic heterocycles. The second-order valence-electron chi connectivity index (χ2n) is 6.71. The normalized spacial score (nSPS) is 13.3. The summed E-state index contributed by atoms with van der Waals surface area (Å²) in [6.07, 6.45) is 2.15. The number of carboxylic acid groups (broad SMARTS) is 1. The largest absolute Gasteiger partial charge is 0.478 e. The highest BCUT2D eigenvalue weighted by molar-refractivity contribution is 7.92. The second-order valence-corrected chi connectivity index (χ2v) is 9.42. The van der Waals surface area contributed by atoms with Gasteiger partial charge in [0.15, 0.2) is 0 Å². The van der Waals surface area contributed by atoms with Crippen molar-refractivity contribution in [2.75, 3.05) is 4.72 Å².